The summed E-state index contributed by atoms with van der Waals surface area (Å²) in [5.74, 6) is 0. The van der Waals surface area contributed by atoms with Crippen molar-refractivity contribution in [1.29, 1.82) is 0 Å². The molecule has 0 saturated carbocycles. The number of aliphatic hydroxyl groups excluding tert-OH is 1. The van der Waals surface area contributed by atoms with E-state index in [-0.39, 0.29) is 6.61 Å². The minimum absolute atomic E-state index is 0.126. The molecule has 0 aromatic carbocycles. The molecule has 2 aromatic rings. The molecule has 0 fully saturated rings. The minimum atomic E-state index is -0.451. The highest BCUT2D eigenvalue weighted by atomic mass is 16.3. The molecule has 78 valence electrons. The van der Waals surface area contributed by atoms with Crippen LogP contribution >= 0.6 is 0 Å². The van der Waals surface area contributed by atoms with E-state index in [4.69, 9.17) is 10.8 Å². The predicted octanol–water partition coefficient (Wildman–Crippen LogP) is -0.346. The highest BCUT2D eigenvalue weighted by molar-refractivity contribution is 5.28. The van der Waals surface area contributed by atoms with Crippen LogP contribution in [-0.2, 0) is 0 Å². The van der Waals surface area contributed by atoms with E-state index >= 15 is 0 Å². The molecular formula is C9H11N5O. The molecule has 6 nitrogen and oxygen atoms in total. The van der Waals surface area contributed by atoms with E-state index < -0.39 is 6.04 Å². The van der Waals surface area contributed by atoms with Gasteiger partial charge in [0.05, 0.1) is 48.9 Å². The molecule has 1 unspecified atom stereocenters. The van der Waals surface area contributed by atoms with Crippen molar-refractivity contribution < 1.29 is 5.11 Å². The predicted molar refractivity (Wildman–Crippen MR) is 53.2 cm³/mol. The van der Waals surface area contributed by atoms with Crippen molar-refractivity contribution in [2.75, 3.05) is 6.61 Å². The van der Waals surface area contributed by atoms with Gasteiger partial charge in [0, 0.05) is 0 Å². The van der Waals surface area contributed by atoms with Gasteiger partial charge in [-0.1, -0.05) is 0 Å². The molecule has 1 atom stereocenters. The van der Waals surface area contributed by atoms with E-state index in [0.29, 0.717) is 0 Å². The number of rotatable bonds is 3. The van der Waals surface area contributed by atoms with Crippen LogP contribution in [0.25, 0.3) is 5.69 Å². The zero-order chi connectivity index (χ0) is 10.7. The van der Waals surface area contributed by atoms with Gasteiger partial charge < -0.3 is 10.8 Å². The Balaban J connectivity index is 2.41. The summed E-state index contributed by atoms with van der Waals surface area (Å²) in [6.45, 7) is -0.126. The van der Waals surface area contributed by atoms with Gasteiger partial charge in [0.2, 0.25) is 0 Å². The average Bonchev–Trinajstić information content (AvgIpc) is 2.78. The van der Waals surface area contributed by atoms with Crippen molar-refractivity contribution in [2.45, 2.75) is 6.04 Å². The second kappa shape index (κ2) is 4.16. The molecule has 0 aliphatic heterocycles. The zero-order valence-corrected chi connectivity index (χ0v) is 7.98. The van der Waals surface area contributed by atoms with Crippen LogP contribution in [0.1, 0.15) is 11.7 Å². The number of aliphatic hydroxyl groups is 1. The van der Waals surface area contributed by atoms with Gasteiger partial charge in [-0.05, 0) is 0 Å². The van der Waals surface area contributed by atoms with E-state index in [0.717, 1.165) is 11.4 Å². The van der Waals surface area contributed by atoms with Gasteiger partial charge in [-0.25, -0.2) is 15.0 Å². The topological polar surface area (TPSA) is 89.8 Å². The van der Waals surface area contributed by atoms with Crippen LogP contribution in [-0.4, -0.2) is 31.2 Å². The lowest BCUT2D eigenvalue weighted by atomic mass is 10.2. The maximum Gasteiger partial charge on any atom is 0.115 e. The molecule has 0 aliphatic rings. The Hall–Kier alpha value is -1.79. The van der Waals surface area contributed by atoms with Crippen LogP contribution in [0.4, 0.5) is 0 Å². The lowest BCUT2D eigenvalue weighted by Gasteiger charge is -2.11. The number of nitrogens with zero attached hydrogens (tertiary/aromatic N) is 4. The first-order valence-corrected chi connectivity index (χ1v) is 4.47. The highest BCUT2D eigenvalue weighted by Crippen LogP contribution is 2.13. The van der Waals surface area contributed by atoms with Crippen molar-refractivity contribution in [3.8, 4) is 5.69 Å². The Bertz CT molecular complexity index is 427. The van der Waals surface area contributed by atoms with Crippen LogP contribution in [0.15, 0.2) is 31.2 Å². The van der Waals surface area contributed by atoms with Gasteiger partial charge in [-0.3, -0.25) is 4.57 Å². The largest absolute Gasteiger partial charge is 0.394 e. The summed E-state index contributed by atoms with van der Waals surface area (Å²) < 4.78 is 1.75. The minimum Gasteiger partial charge on any atom is -0.394 e. The van der Waals surface area contributed by atoms with Crippen molar-refractivity contribution >= 4 is 0 Å². The van der Waals surface area contributed by atoms with Gasteiger partial charge in [0.25, 0.3) is 0 Å². The Morgan fingerprint density at radius 3 is 2.67 bits per heavy atom. The van der Waals surface area contributed by atoms with E-state index in [2.05, 4.69) is 15.0 Å². The summed E-state index contributed by atoms with van der Waals surface area (Å²) in [5.41, 5.74) is 7.23. The van der Waals surface area contributed by atoms with Gasteiger partial charge in [-0.15, -0.1) is 0 Å². The van der Waals surface area contributed by atoms with Gasteiger partial charge in [0.1, 0.15) is 6.33 Å². The van der Waals surface area contributed by atoms with E-state index in [1.165, 1.54) is 6.33 Å². The Kier molecular flexibility index (Phi) is 2.70. The number of aromatic nitrogens is 4. The van der Waals surface area contributed by atoms with E-state index in [1.54, 1.807) is 29.5 Å². The molecule has 15 heavy (non-hydrogen) atoms. The molecule has 0 amide bonds. The van der Waals surface area contributed by atoms with Crippen molar-refractivity contribution in [3.63, 3.8) is 0 Å². The SMILES string of the molecule is NC(CO)c1cncn1-c1cncnc1. The molecule has 2 rings (SSSR count). The third kappa shape index (κ3) is 1.85. The number of nitrogens with two attached hydrogens (primary N) is 1. The molecular weight excluding hydrogens is 194 g/mol. The van der Waals surface area contributed by atoms with Gasteiger partial charge >= 0.3 is 0 Å². The quantitative estimate of drug-likeness (QED) is 0.715. The smallest absolute Gasteiger partial charge is 0.115 e. The highest BCUT2D eigenvalue weighted by Gasteiger charge is 2.11. The maximum atomic E-state index is 8.98. The second-order valence-corrected chi connectivity index (χ2v) is 3.07. The molecule has 3 N–H and O–H groups in total. The fourth-order valence-corrected chi connectivity index (χ4v) is 1.30. The Labute approximate surface area is 86.4 Å². The third-order valence-corrected chi connectivity index (χ3v) is 2.07. The first-order valence-electron chi connectivity index (χ1n) is 4.47. The molecule has 0 bridgehead atoms. The number of hydrogen-bond donors (Lipinski definition) is 2. The van der Waals surface area contributed by atoms with Gasteiger partial charge in [0.15, 0.2) is 0 Å². The Morgan fingerprint density at radius 1 is 1.27 bits per heavy atom. The summed E-state index contributed by atoms with van der Waals surface area (Å²) in [4.78, 5) is 11.8. The van der Waals surface area contributed by atoms with Crippen LogP contribution < -0.4 is 5.73 Å². The summed E-state index contributed by atoms with van der Waals surface area (Å²) in [5, 5.41) is 8.98. The molecule has 2 aromatic heterocycles. The van der Waals surface area contributed by atoms with Crippen LogP contribution in [0.2, 0.25) is 0 Å². The fourth-order valence-electron chi connectivity index (χ4n) is 1.30. The fraction of sp³-hybridized carbons (Fsp3) is 0.222. The second-order valence-electron chi connectivity index (χ2n) is 3.07. The summed E-state index contributed by atoms with van der Waals surface area (Å²) in [6, 6.07) is -0.451. The molecule has 0 saturated heterocycles. The van der Waals surface area contributed by atoms with Gasteiger partial charge in [-0.2, -0.15) is 0 Å². The Morgan fingerprint density at radius 2 is 2.00 bits per heavy atom. The van der Waals surface area contributed by atoms with Crippen LogP contribution in [0.5, 0.6) is 0 Å². The maximum absolute atomic E-state index is 8.98. The molecule has 0 aliphatic carbocycles. The molecule has 0 radical (unpaired) electrons. The van der Waals surface area contributed by atoms with Crippen LogP contribution in [0, 0.1) is 0 Å². The molecule has 6 heteroatoms. The number of hydrogen-bond acceptors (Lipinski definition) is 5. The first kappa shape index (κ1) is 9.75. The van der Waals surface area contributed by atoms with Crippen LogP contribution in [0.3, 0.4) is 0 Å². The average molecular weight is 205 g/mol. The lowest BCUT2D eigenvalue weighted by molar-refractivity contribution is 0.265. The van der Waals surface area contributed by atoms with E-state index in [9.17, 15) is 0 Å². The third-order valence-electron chi connectivity index (χ3n) is 2.07. The first-order chi connectivity index (χ1) is 7.33. The zero-order valence-electron chi connectivity index (χ0n) is 7.98. The lowest BCUT2D eigenvalue weighted by Crippen LogP contribution is -2.18. The molecule has 0 spiro atoms. The summed E-state index contributed by atoms with van der Waals surface area (Å²) in [7, 11) is 0. The van der Waals surface area contributed by atoms with Crippen molar-refractivity contribution in [1.82, 2.24) is 19.5 Å². The number of imidazole rings is 1. The summed E-state index contributed by atoms with van der Waals surface area (Å²) in [6.07, 6.45) is 7.99. The monoisotopic (exact) mass is 205 g/mol. The van der Waals surface area contributed by atoms with Crippen molar-refractivity contribution in [2.24, 2.45) is 5.73 Å². The molecule has 2 heterocycles. The van der Waals surface area contributed by atoms with E-state index in [1.807, 2.05) is 0 Å². The standard InChI is InChI=1S/C9H11N5O/c10-8(4-15)9-3-13-6-14(9)7-1-11-5-12-2-7/h1-3,5-6,8,15H,4,10H2. The summed E-state index contributed by atoms with van der Waals surface area (Å²) >= 11 is 0. The normalized spacial score (nSPS) is 12.7. The van der Waals surface area contributed by atoms with Crippen molar-refractivity contribution in [3.05, 3.63) is 36.9 Å².